The molecule has 0 aliphatic heterocycles. The van der Waals surface area contributed by atoms with Gasteiger partial charge in [0.15, 0.2) is 0 Å². The third-order valence-electron chi connectivity index (χ3n) is 1.06. The van der Waals surface area contributed by atoms with Gasteiger partial charge in [-0.2, -0.15) is 0 Å². The smallest absolute Gasteiger partial charge is 0.0721 e. The van der Waals surface area contributed by atoms with E-state index in [1.54, 1.807) is 6.08 Å². The van der Waals surface area contributed by atoms with Crippen molar-refractivity contribution in [2.75, 3.05) is 0 Å². The molecule has 1 unspecified atom stereocenters. The number of rotatable bonds is 3. The van der Waals surface area contributed by atoms with Crippen LogP contribution in [0.4, 0.5) is 0 Å². The largest absolute Gasteiger partial charge is 0.389 e. The predicted octanol–water partition coefficient (Wildman–Crippen LogP) is 1.89. The summed E-state index contributed by atoms with van der Waals surface area (Å²) in [7, 11) is 0. The Labute approximate surface area is 56.7 Å². The summed E-state index contributed by atoms with van der Waals surface area (Å²) >= 11 is 0. The lowest BCUT2D eigenvalue weighted by molar-refractivity contribution is 0.219. The lowest BCUT2D eigenvalue weighted by Crippen LogP contribution is -1.97. The van der Waals surface area contributed by atoms with E-state index in [9.17, 15) is 0 Å². The van der Waals surface area contributed by atoms with Crippen molar-refractivity contribution in [3.8, 4) is 0 Å². The lowest BCUT2D eigenvalue weighted by Gasteiger charge is -1.95. The van der Waals surface area contributed by atoms with Crippen LogP contribution in [0.15, 0.2) is 24.3 Å². The minimum Gasteiger partial charge on any atom is -0.389 e. The van der Waals surface area contributed by atoms with Crippen LogP contribution < -0.4 is 0 Å². The second-order valence-electron chi connectivity index (χ2n) is 1.89. The molecular weight excluding hydrogens is 112 g/mol. The molecule has 0 spiro atoms. The maximum absolute atomic E-state index is 8.96. The van der Waals surface area contributed by atoms with Crippen molar-refractivity contribution in [3.63, 3.8) is 0 Å². The highest BCUT2D eigenvalue weighted by molar-refractivity contribution is 5.03. The molecule has 0 aromatic rings. The number of hydrogen-bond acceptors (Lipinski definition) is 1. The van der Waals surface area contributed by atoms with Crippen LogP contribution in [0.1, 0.15) is 20.3 Å². The molecule has 1 heteroatoms. The lowest BCUT2D eigenvalue weighted by atomic mass is 10.2. The molecule has 0 saturated heterocycles. The van der Waals surface area contributed by atoms with Crippen LogP contribution in [0.3, 0.4) is 0 Å². The first-order valence-electron chi connectivity index (χ1n) is 3.28. The van der Waals surface area contributed by atoms with Crippen LogP contribution in [0.25, 0.3) is 0 Å². The molecule has 0 heterocycles. The number of aliphatic hydroxyl groups is 1. The molecular formula is C8H14O. The van der Waals surface area contributed by atoms with Crippen molar-refractivity contribution in [1.82, 2.24) is 0 Å². The van der Waals surface area contributed by atoms with Crippen molar-refractivity contribution in [3.05, 3.63) is 24.3 Å². The van der Waals surface area contributed by atoms with Crippen molar-refractivity contribution < 1.29 is 5.11 Å². The molecule has 0 aromatic heterocycles. The third kappa shape index (κ3) is 5.31. The highest BCUT2D eigenvalue weighted by atomic mass is 16.3. The highest BCUT2D eigenvalue weighted by Crippen LogP contribution is 1.91. The Balaban J connectivity index is 3.43. The zero-order valence-corrected chi connectivity index (χ0v) is 6.04. The van der Waals surface area contributed by atoms with E-state index in [4.69, 9.17) is 5.11 Å². The van der Waals surface area contributed by atoms with E-state index < -0.39 is 0 Å². The van der Waals surface area contributed by atoms with Gasteiger partial charge >= 0.3 is 0 Å². The van der Waals surface area contributed by atoms with Gasteiger partial charge < -0.3 is 5.11 Å². The topological polar surface area (TPSA) is 20.2 Å². The molecule has 0 aliphatic rings. The Morgan fingerprint density at radius 2 is 2.11 bits per heavy atom. The average molecular weight is 126 g/mol. The van der Waals surface area contributed by atoms with Crippen LogP contribution in [-0.2, 0) is 0 Å². The van der Waals surface area contributed by atoms with Crippen molar-refractivity contribution in [2.24, 2.45) is 0 Å². The molecule has 0 aliphatic carbocycles. The van der Waals surface area contributed by atoms with Gasteiger partial charge in [-0.15, -0.1) is 0 Å². The summed E-state index contributed by atoms with van der Waals surface area (Å²) in [6, 6.07) is 0. The minimum atomic E-state index is -0.277. The SMILES string of the molecule is C/C=C/C=C/C(O)CC. The first kappa shape index (κ1) is 8.44. The van der Waals surface area contributed by atoms with Crippen LogP contribution in [0.5, 0.6) is 0 Å². The molecule has 1 atom stereocenters. The second kappa shape index (κ2) is 5.57. The maximum Gasteiger partial charge on any atom is 0.0721 e. The van der Waals surface area contributed by atoms with Gasteiger partial charge in [0.1, 0.15) is 0 Å². The molecule has 0 aromatic carbocycles. The molecule has 0 amide bonds. The predicted molar refractivity (Wildman–Crippen MR) is 40.3 cm³/mol. The minimum absolute atomic E-state index is 0.277. The van der Waals surface area contributed by atoms with Crippen molar-refractivity contribution >= 4 is 0 Å². The van der Waals surface area contributed by atoms with Gasteiger partial charge in [0.2, 0.25) is 0 Å². The summed E-state index contributed by atoms with van der Waals surface area (Å²) in [5, 5.41) is 8.96. The Morgan fingerprint density at radius 3 is 2.56 bits per heavy atom. The van der Waals surface area contributed by atoms with E-state index in [1.165, 1.54) is 0 Å². The van der Waals surface area contributed by atoms with E-state index in [-0.39, 0.29) is 6.10 Å². The van der Waals surface area contributed by atoms with E-state index >= 15 is 0 Å². The summed E-state index contributed by atoms with van der Waals surface area (Å²) in [6.45, 7) is 3.90. The Kier molecular flexibility index (Phi) is 5.23. The zero-order chi connectivity index (χ0) is 7.11. The summed E-state index contributed by atoms with van der Waals surface area (Å²) < 4.78 is 0. The zero-order valence-electron chi connectivity index (χ0n) is 6.04. The fraction of sp³-hybridized carbons (Fsp3) is 0.500. The van der Waals surface area contributed by atoms with Gasteiger partial charge in [-0.05, 0) is 13.3 Å². The molecule has 1 nitrogen and oxygen atoms in total. The van der Waals surface area contributed by atoms with Crippen molar-refractivity contribution in [2.45, 2.75) is 26.4 Å². The first-order valence-corrected chi connectivity index (χ1v) is 3.28. The van der Waals surface area contributed by atoms with E-state index in [1.807, 2.05) is 32.1 Å². The summed E-state index contributed by atoms with van der Waals surface area (Å²) in [5.74, 6) is 0. The van der Waals surface area contributed by atoms with Gasteiger partial charge in [0.25, 0.3) is 0 Å². The second-order valence-corrected chi connectivity index (χ2v) is 1.89. The van der Waals surface area contributed by atoms with Crippen LogP contribution in [0, 0.1) is 0 Å². The van der Waals surface area contributed by atoms with E-state index in [0.717, 1.165) is 6.42 Å². The van der Waals surface area contributed by atoms with Gasteiger partial charge in [0, 0.05) is 0 Å². The monoisotopic (exact) mass is 126 g/mol. The quantitative estimate of drug-likeness (QED) is 0.572. The Morgan fingerprint density at radius 1 is 1.44 bits per heavy atom. The van der Waals surface area contributed by atoms with Crippen LogP contribution in [0.2, 0.25) is 0 Å². The Bertz CT molecular complexity index is 103. The fourth-order valence-corrected chi connectivity index (χ4v) is 0.440. The molecule has 0 rings (SSSR count). The molecule has 0 saturated carbocycles. The van der Waals surface area contributed by atoms with Gasteiger partial charge in [-0.1, -0.05) is 31.2 Å². The van der Waals surface area contributed by atoms with Gasteiger partial charge in [0.05, 0.1) is 6.10 Å². The normalized spacial score (nSPS) is 15.4. The van der Waals surface area contributed by atoms with Gasteiger partial charge in [-0.3, -0.25) is 0 Å². The number of hydrogen-bond donors (Lipinski definition) is 1. The van der Waals surface area contributed by atoms with Crippen LogP contribution in [-0.4, -0.2) is 11.2 Å². The molecule has 0 fully saturated rings. The summed E-state index contributed by atoms with van der Waals surface area (Å²) in [5.41, 5.74) is 0. The standard InChI is InChI=1S/C8H14O/c1-3-5-6-7-8(9)4-2/h3,5-9H,4H2,1-2H3/b5-3+,7-6+. The molecule has 0 radical (unpaired) electrons. The fourth-order valence-electron chi connectivity index (χ4n) is 0.440. The maximum atomic E-state index is 8.96. The number of allylic oxidation sites excluding steroid dienone is 3. The van der Waals surface area contributed by atoms with Gasteiger partial charge in [-0.25, -0.2) is 0 Å². The Hall–Kier alpha value is -0.560. The van der Waals surface area contributed by atoms with Crippen LogP contribution >= 0.6 is 0 Å². The molecule has 1 N–H and O–H groups in total. The summed E-state index contributed by atoms with van der Waals surface area (Å²) in [4.78, 5) is 0. The van der Waals surface area contributed by atoms with Crippen molar-refractivity contribution in [1.29, 1.82) is 0 Å². The molecule has 52 valence electrons. The third-order valence-corrected chi connectivity index (χ3v) is 1.06. The summed E-state index contributed by atoms with van der Waals surface area (Å²) in [6.07, 6.45) is 7.97. The first-order chi connectivity index (χ1) is 4.31. The average Bonchev–Trinajstić information content (AvgIpc) is 1.89. The molecule has 9 heavy (non-hydrogen) atoms. The van der Waals surface area contributed by atoms with E-state index in [0.29, 0.717) is 0 Å². The number of aliphatic hydroxyl groups excluding tert-OH is 1. The molecule has 0 bridgehead atoms. The van der Waals surface area contributed by atoms with E-state index in [2.05, 4.69) is 0 Å². The highest BCUT2D eigenvalue weighted by Gasteiger charge is 1.88.